The van der Waals surface area contributed by atoms with Gasteiger partial charge in [0.05, 0.1) is 5.88 Å². The van der Waals surface area contributed by atoms with E-state index in [0.29, 0.717) is 16.7 Å². The Morgan fingerprint density at radius 3 is 2.38 bits per heavy atom. The van der Waals surface area contributed by atoms with Gasteiger partial charge in [-0.05, 0) is 36.1 Å². The van der Waals surface area contributed by atoms with E-state index < -0.39 is 0 Å². The summed E-state index contributed by atoms with van der Waals surface area (Å²) in [5.74, 6) is 1.90. The van der Waals surface area contributed by atoms with Gasteiger partial charge in [0.1, 0.15) is 11.5 Å². The molecule has 0 radical (unpaired) electrons. The maximum atomic E-state index is 6.19. The molecule has 2 rings (SSSR count). The van der Waals surface area contributed by atoms with Crippen molar-refractivity contribution in [3.05, 3.63) is 58.1 Å². The Morgan fingerprint density at radius 2 is 1.76 bits per heavy atom. The number of hydrogen-bond donors (Lipinski definition) is 0. The van der Waals surface area contributed by atoms with Crippen LogP contribution in [0.25, 0.3) is 0 Å². The third-order valence-corrected chi connectivity index (χ3v) is 4.00. The first-order valence-electron chi connectivity index (χ1n) is 6.95. The van der Waals surface area contributed by atoms with Gasteiger partial charge in [-0.2, -0.15) is 0 Å². The lowest BCUT2D eigenvalue weighted by molar-refractivity contribution is 0.451. The standard InChI is InChI=1S/C18H20Cl2O/c1-12-8-9-14(18(2,3)4)17(10-12)21-16-7-5-6-15(20)13(16)11-19/h5-10H,11H2,1-4H3. The molecule has 0 aromatic heterocycles. The number of rotatable bonds is 3. The molecule has 0 saturated heterocycles. The van der Waals surface area contributed by atoms with E-state index in [1.54, 1.807) is 0 Å². The largest absolute Gasteiger partial charge is 0.457 e. The minimum absolute atomic E-state index is 0.00271. The van der Waals surface area contributed by atoms with Crippen LogP contribution in [0.15, 0.2) is 36.4 Å². The zero-order chi connectivity index (χ0) is 15.6. The molecule has 0 aliphatic heterocycles. The SMILES string of the molecule is Cc1ccc(C(C)(C)C)c(Oc2cccc(Cl)c2CCl)c1. The molecule has 112 valence electrons. The molecule has 0 aliphatic rings. The quantitative estimate of drug-likeness (QED) is 0.588. The van der Waals surface area contributed by atoms with Crippen molar-refractivity contribution in [1.29, 1.82) is 0 Å². The third-order valence-electron chi connectivity index (χ3n) is 3.37. The fraction of sp³-hybridized carbons (Fsp3) is 0.333. The number of aryl methyl sites for hydroxylation is 1. The second-order valence-electron chi connectivity index (χ2n) is 6.20. The lowest BCUT2D eigenvalue weighted by Gasteiger charge is -2.23. The fourth-order valence-electron chi connectivity index (χ4n) is 2.22. The smallest absolute Gasteiger partial charge is 0.133 e. The van der Waals surface area contributed by atoms with E-state index in [2.05, 4.69) is 45.9 Å². The van der Waals surface area contributed by atoms with Crippen LogP contribution in [0, 0.1) is 6.92 Å². The van der Waals surface area contributed by atoms with E-state index in [4.69, 9.17) is 27.9 Å². The van der Waals surface area contributed by atoms with Crippen molar-refractivity contribution in [2.24, 2.45) is 0 Å². The number of benzene rings is 2. The molecular weight excluding hydrogens is 303 g/mol. The van der Waals surface area contributed by atoms with Gasteiger partial charge in [-0.3, -0.25) is 0 Å². The average molecular weight is 323 g/mol. The first kappa shape index (κ1) is 16.2. The summed E-state index contributed by atoms with van der Waals surface area (Å²) in [6.45, 7) is 8.57. The van der Waals surface area contributed by atoms with Crippen LogP contribution in [0.2, 0.25) is 5.02 Å². The zero-order valence-corrected chi connectivity index (χ0v) is 14.3. The van der Waals surface area contributed by atoms with E-state index in [-0.39, 0.29) is 5.41 Å². The Bertz CT molecular complexity index is 642. The zero-order valence-electron chi connectivity index (χ0n) is 12.8. The Hall–Kier alpha value is -1.18. The molecule has 2 aromatic carbocycles. The summed E-state index contributed by atoms with van der Waals surface area (Å²) < 4.78 is 6.15. The van der Waals surface area contributed by atoms with Crippen molar-refractivity contribution < 1.29 is 4.74 Å². The summed E-state index contributed by atoms with van der Waals surface area (Å²) in [5, 5.41) is 0.632. The van der Waals surface area contributed by atoms with Gasteiger partial charge >= 0.3 is 0 Å². The minimum Gasteiger partial charge on any atom is -0.457 e. The highest BCUT2D eigenvalue weighted by molar-refractivity contribution is 6.32. The third kappa shape index (κ3) is 3.72. The molecule has 0 heterocycles. The van der Waals surface area contributed by atoms with Crippen LogP contribution >= 0.6 is 23.2 Å². The van der Waals surface area contributed by atoms with E-state index in [1.807, 2.05) is 18.2 Å². The molecule has 0 bridgehead atoms. The topological polar surface area (TPSA) is 9.23 Å². The lowest BCUT2D eigenvalue weighted by atomic mass is 9.86. The molecule has 0 spiro atoms. The Labute approximate surface area is 136 Å². The Morgan fingerprint density at radius 1 is 1.05 bits per heavy atom. The second-order valence-corrected chi connectivity index (χ2v) is 6.88. The molecule has 0 fully saturated rings. The van der Waals surface area contributed by atoms with Crippen LogP contribution < -0.4 is 4.74 Å². The van der Waals surface area contributed by atoms with Crippen LogP contribution in [0.5, 0.6) is 11.5 Å². The molecular formula is C18H20Cl2O. The summed E-state index contributed by atoms with van der Waals surface area (Å²) in [7, 11) is 0. The van der Waals surface area contributed by atoms with Crippen LogP contribution in [0.4, 0.5) is 0 Å². The van der Waals surface area contributed by atoms with Gasteiger partial charge in [0, 0.05) is 16.1 Å². The Kier molecular flexibility index (Phi) is 4.85. The normalized spacial score (nSPS) is 11.5. The molecule has 0 saturated carbocycles. The van der Waals surface area contributed by atoms with Gasteiger partial charge in [-0.1, -0.05) is 50.6 Å². The predicted molar refractivity (Wildman–Crippen MR) is 91.0 cm³/mol. The first-order chi connectivity index (χ1) is 9.82. The maximum Gasteiger partial charge on any atom is 0.133 e. The van der Waals surface area contributed by atoms with E-state index >= 15 is 0 Å². The molecule has 1 nitrogen and oxygen atoms in total. The van der Waals surface area contributed by atoms with Crippen molar-refractivity contribution in [1.82, 2.24) is 0 Å². The van der Waals surface area contributed by atoms with Crippen molar-refractivity contribution in [3.63, 3.8) is 0 Å². The number of alkyl halides is 1. The van der Waals surface area contributed by atoms with Gasteiger partial charge in [-0.25, -0.2) is 0 Å². The van der Waals surface area contributed by atoms with Crippen LogP contribution in [-0.4, -0.2) is 0 Å². The molecule has 3 heteroatoms. The molecule has 0 aliphatic carbocycles. The summed E-state index contributed by atoms with van der Waals surface area (Å²) in [5.41, 5.74) is 3.14. The second kappa shape index (κ2) is 6.29. The van der Waals surface area contributed by atoms with Gasteiger partial charge in [-0.15, -0.1) is 11.6 Å². The lowest BCUT2D eigenvalue weighted by Crippen LogP contribution is -2.12. The van der Waals surface area contributed by atoms with Gasteiger partial charge in [0.25, 0.3) is 0 Å². The maximum absolute atomic E-state index is 6.19. The number of halogens is 2. The van der Waals surface area contributed by atoms with E-state index in [9.17, 15) is 0 Å². The van der Waals surface area contributed by atoms with E-state index in [0.717, 1.165) is 22.4 Å². The van der Waals surface area contributed by atoms with Crippen LogP contribution in [0.3, 0.4) is 0 Å². The van der Waals surface area contributed by atoms with Crippen LogP contribution in [0.1, 0.15) is 37.5 Å². The summed E-state index contributed by atoms with van der Waals surface area (Å²) in [4.78, 5) is 0. The fourth-order valence-corrected chi connectivity index (χ4v) is 2.79. The van der Waals surface area contributed by atoms with Crippen molar-refractivity contribution >= 4 is 23.2 Å². The highest BCUT2D eigenvalue weighted by Gasteiger charge is 2.20. The van der Waals surface area contributed by atoms with E-state index in [1.165, 1.54) is 0 Å². The minimum atomic E-state index is 0.00271. The van der Waals surface area contributed by atoms with Gasteiger partial charge in [0.15, 0.2) is 0 Å². The first-order valence-corrected chi connectivity index (χ1v) is 7.86. The van der Waals surface area contributed by atoms with Gasteiger partial charge in [0.2, 0.25) is 0 Å². The highest BCUT2D eigenvalue weighted by atomic mass is 35.5. The van der Waals surface area contributed by atoms with Crippen LogP contribution in [-0.2, 0) is 11.3 Å². The van der Waals surface area contributed by atoms with Crippen molar-refractivity contribution in [2.45, 2.75) is 39.0 Å². The molecule has 2 aromatic rings. The highest BCUT2D eigenvalue weighted by Crippen LogP contribution is 2.37. The summed E-state index contributed by atoms with van der Waals surface area (Å²) >= 11 is 12.2. The van der Waals surface area contributed by atoms with Crippen molar-refractivity contribution in [3.8, 4) is 11.5 Å². The Balaban J connectivity index is 2.49. The molecule has 0 N–H and O–H groups in total. The summed E-state index contributed by atoms with van der Waals surface area (Å²) in [6.07, 6.45) is 0. The monoisotopic (exact) mass is 322 g/mol. The molecule has 0 amide bonds. The number of hydrogen-bond acceptors (Lipinski definition) is 1. The predicted octanol–water partition coefficient (Wildman–Crippen LogP) is 6.48. The molecule has 21 heavy (non-hydrogen) atoms. The molecule has 0 unspecified atom stereocenters. The average Bonchev–Trinajstić information content (AvgIpc) is 2.37. The summed E-state index contributed by atoms with van der Waals surface area (Å²) in [6, 6.07) is 11.9. The van der Waals surface area contributed by atoms with Gasteiger partial charge < -0.3 is 4.74 Å². The van der Waals surface area contributed by atoms with Crippen molar-refractivity contribution in [2.75, 3.05) is 0 Å². The number of ether oxygens (including phenoxy) is 1. The molecule has 0 atom stereocenters.